The molecule has 0 amide bonds. The van der Waals surface area contributed by atoms with Crippen molar-refractivity contribution in [2.75, 3.05) is 33.9 Å². The molecule has 0 saturated heterocycles. The van der Waals surface area contributed by atoms with Crippen molar-refractivity contribution in [3.05, 3.63) is 24.3 Å². The Kier molecular flexibility index (Phi) is 36.5. The highest BCUT2D eigenvalue weighted by Crippen LogP contribution is 2.18. The highest BCUT2D eigenvalue weighted by Gasteiger charge is 2.14. The number of allylic oxidation sites excluding steroid dienone is 2. The Balaban J connectivity index is 4.07. The molecule has 0 fully saturated rings. The Bertz CT molecular complexity index is 785. The first-order chi connectivity index (χ1) is 24.4. The highest BCUT2D eigenvalue weighted by molar-refractivity contribution is 5.70. The van der Waals surface area contributed by atoms with E-state index in [1.54, 1.807) is 0 Å². The van der Waals surface area contributed by atoms with E-state index in [1.807, 2.05) is 26.2 Å². The van der Waals surface area contributed by atoms with Crippen LogP contribution in [0.2, 0.25) is 0 Å². The molecule has 292 valence electrons. The molecule has 0 aliphatic heterocycles. The summed E-state index contributed by atoms with van der Waals surface area (Å²) in [7, 11) is 4.05. The molecule has 0 rings (SSSR count). The van der Waals surface area contributed by atoms with Crippen LogP contribution in [-0.2, 0) is 28.6 Å². The maximum Gasteiger partial charge on any atom is 0.306 e. The van der Waals surface area contributed by atoms with Crippen molar-refractivity contribution >= 4 is 17.9 Å². The lowest BCUT2D eigenvalue weighted by Crippen LogP contribution is -2.20. The van der Waals surface area contributed by atoms with Crippen LogP contribution < -0.4 is 0 Å². The number of nitrogens with zero attached hydrogens (tertiary/aromatic N) is 1. The van der Waals surface area contributed by atoms with E-state index in [-0.39, 0.29) is 24.0 Å². The number of esters is 3. The summed E-state index contributed by atoms with van der Waals surface area (Å²) in [5.74, 6) is -0.258. The fraction of sp³-hybridized carbons (Fsp3) is 0.837. The zero-order chi connectivity index (χ0) is 36.8. The molecule has 0 aliphatic carbocycles. The lowest BCUT2D eigenvalue weighted by atomic mass is 10.0. The number of carbonyl (C=O) groups excluding carboxylic acids is 3. The van der Waals surface area contributed by atoms with Crippen molar-refractivity contribution in [1.29, 1.82) is 0 Å². The van der Waals surface area contributed by atoms with Gasteiger partial charge in [-0.25, -0.2) is 0 Å². The Labute approximate surface area is 308 Å². The van der Waals surface area contributed by atoms with Gasteiger partial charge in [0.05, 0.1) is 0 Å². The Morgan fingerprint density at radius 2 is 0.880 bits per heavy atom. The van der Waals surface area contributed by atoms with Gasteiger partial charge in [-0.2, -0.15) is 0 Å². The summed E-state index contributed by atoms with van der Waals surface area (Å²) < 4.78 is 16.6. The van der Waals surface area contributed by atoms with E-state index in [2.05, 4.69) is 30.9 Å². The molecule has 7 nitrogen and oxygen atoms in total. The maximum atomic E-state index is 12.5. The van der Waals surface area contributed by atoms with Crippen LogP contribution in [0.25, 0.3) is 0 Å². The smallest absolute Gasteiger partial charge is 0.306 e. The maximum absolute atomic E-state index is 12.5. The molecule has 0 aliphatic rings. The van der Waals surface area contributed by atoms with Crippen LogP contribution in [-0.4, -0.2) is 62.8 Å². The van der Waals surface area contributed by atoms with Gasteiger partial charge in [0.2, 0.25) is 0 Å². The summed E-state index contributed by atoms with van der Waals surface area (Å²) in [5, 5.41) is 0. The van der Waals surface area contributed by atoms with Crippen LogP contribution in [0.1, 0.15) is 194 Å². The highest BCUT2D eigenvalue weighted by atomic mass is 16.5. The van der Waals surface area contributed by atoms with Crippen molar-refractivity contribution in [3.63, 3.8) is 0 Å². The largest absolute Gasteiger partial charge is 0.462 e. The summed E-state index contributed by atoms with van der Waals surface area (Å²) in [5.41, 5.74) is 0. The van der Waals surface area contributed by atoms with Crippen molar-refractivity contribution < 1.29 is 28.6 Å². The number of hydrogen-bond acceptors (Lipinski definition) is 7. The lowest BCUT2D eigenvalue weighted by molar-refractivity contribution is -0.150. The van der Waals surface area contributed by atoms with Crippen molar-refractivity contribution in [2.24, 2.45) is 0 Å². The van der Waals surface area contributed by atoms with Gasteiger partial charge < -0.3 is 19.1 Å². The van der Waals surface area contributed by atoms with E-state index in [9.17, 15) is 14.4 Å². The Morgan fingerprint density at radius 3 is 1.32 bits per heavy atom. The first-order valence-electron chi connectivity index (χ1n) is 20.8. The molecule has 0 aromatic heterocycles. The molecular formula is C43H79NO6. The fourth-order valence-corrected chi connectivity index (χ4v) is 5.92. The number of ether oxygens (including phenoxy) is 3. The molecule has 0 bridgehead atoms. The Hall–Kier alpha value is -2.15. The summed E-state index contributed by atoms with van der Waals surface area (Å²) in [6.07, 6.45) is 37.3. The fourth-order valence-electron chi connectivity index (χ4n) is 5.92. The predicted molar refractivity (Wildman–Crippen MR) is 209 cm³/mol. The van der Waals surface area contributed by atoms with Gasteiger partial charge in [0.15, 0.2) is 0 Å². The minimum absolute atomic E-state index is 0.00202. The van der Waals surface area contributed by atoms with Crippen molar-refractivity contribution in [2.45, 2.75) is 200 Å². The van der Waals surface area contributed by atoms with Crippen LogP contribution in [0, 0.1) is 0 Å². The lowest BCUT2D eigenvalue weighted by Gasteiger charge is -2.18. The first kappa shape index (κ1) is 47.8. The predicted octanol–water partition coefficient (Wildman–Crippen LogP) is 11.6. The van der Waals surface area contributed by atoms with Crippen LogP contribution in [0.15, 0.2) is 24.3 Å². The third kappa shape index (κ3) is 37.1. The molecule has 0 aromatic rings. The van der Waals surface area contributed by atoms with Crippen LogP contribution in [0.4, 0.5) is 0 Å². The summed E-state index contributed by atoms with van der Waals surface area (Å²) >= 11 is 0. The average molecular weight is 706 g/mol. The number of unbranched alkanes of at least 4 members (excludes halogenated alkanes) is 18. The SMILES string of the molecule is CCCCCC/C=C\COC(=O)CCCCCCCCC(CCCCCCCCC(=O)OC/C=C\CCCCCC)OC(=O)CCCN(C)C. The van der Waals surface area contributed by atoms with Crippen LogP contribution >= 0.6 is 0 Å². The second-order valence-corrected chi connectivity index (χ2v) is 14.3. The minimum Gasteiger partial charge on any atom is -0.462 e. The van der Waals surface area contributed by atoms with Gasteiger partial charge in [-0.15, -0.1) is 0 Å². The standard InChI is InChI=1S/C43H79NO6/c1-5-7-9-11-17-23-29-38-48-41(45)34-27-21-15-13-19-25-32-40(50-43(47)36-31-37-44(3)4)33-26-20-14-16-22-28-35-42(46)49-39-30-24-18-12-10-8-6-2/h23-24,29-30,40H,5-22,25-28,31-39H2,1-4H3/b29-23-,30-24-. The molecule has 0 heterocycles. The van der Waals surface area contributed by atoms with Gasteiger partial charge >= 0.3 is 17.9 Å². The molecule has 0 radical (unpaired) electrons. The molecule has 0 aromatic carbocycles. The molecule has 0 atom stereocenters. The number of hydrogen-bond donors (Lipinski definition) is 0. The molecule has 7 heteroatoms. The van der Waals surface area contributed by atoms with Gasteiger partial charge in [0.25, 0.3) is 0 Å². The van der Waals surface area contributed by atoms with E-state index in [1.165, 1.54) is 51.4 Å². The normalized spacial score (nSPS) is 11.7. The van der Waals surface area contributed by atoms with E-state index in [0.29, 0.717) is 32.5 Å². The van der Waals surface area contributed by atoms with Gasteiger partial charge in [0, 0.05) is 19.3 Å². The van der Waals surface area contributed by atoms with Crippen LogP contribution in [0.5, 0.6) is 0 Å². The van der Waals surface area contributed by atoms with E-state index in [0.717, 1.165) is 116 Å². The Morgan fingerprint density at radius 1 is 0.480 bits per heavy atom. The number of carbonyl (C=O) groups is 3. The van der Waals surface area contributed by atoms with Crippen molar-refractivity contribution in [3.8, 4) is 0 Å². The van der Waals surface area contributed by atoms with Gasteiger partial charge in [-0.3, -0.25) is 14.4 Å². The van der Waals surface area contributed by atoms with E-state index < -0.39 is 0 Å². The second-order valence-electron chi connectivity index (χ2n) is 14.3. The topological polar surface area (TPSA) is 82.1 Å². The van der Waals surface area contributed by atoms with Gasteiger partial charge in [-0.1, -0.05) is 128 Å². The van der Waals surface area contributed by atoms with Gasteiger partial charge in [-0.05, 0) is 91.3 Å². The number of rotatable bonds is 37. The molecule has 0 N–H and O–H groups in total. The third-order valence-electron chi connectivity index (χ3n) is 9.06. The second kappa shape index (κ2) is 38.1. The van der Waals surface area contributed by atoms with E-state index in [4.69, 9.17) is 14.2 Å². The van der Waals surface area contributed by atoms with Crippen LogP contribution in [0.3, 0.4) is 0 Å². The average Bonchev–Trinajstić information content (AvgIpc) is 3.09. The van der Waals surface area contributed by atoms with Crippen molar-refractivity contribution in [1.82, 2.24) is 4.90 Å². The zero-order valence-corrected chi connectivity index (χ0v) is 33.2. The first-order valence-corrected chi connectivity index (χ1v) is 20.8. The molecular weight excluding hydrogens is 626 g/mol. The quantitative estimate of drug-likeness (QED) is 0.0275. The molecule has 0 unspecified atom stereocenters. The zero-order valence-electron chi connectivity index (χ0n) is 33.2. The van der Waals surface area contributed by atoms with E-state index >= 15 is 0 Å². The molecule has 0 saturated carbocycles. The summed E-state index contributed by atoms with van der Waals surface area (Å²) in [6, 6.07) is 0. The summed E-state index contributed by atoms with van der Waals surface area (Å²) in [6.45, 7) is 6.11. The minimum atomic E-state index is -0.0946. The molecule has 50 heavy (non-hydrogen) atoms. The third-order valence-corrected chi connectivity index (χ3v) is 9.06. The molecule has 0 spiro atoms. The summed E-state index contributed by atoms with van der Waals surface area (Å²) in [4.78, 5) is 38.6. The monoisotopic (exact) mass is 706 g/mol. The van der Waals surface area contributed by atoms with Gasteiger partial charge in [0.1, 0.15) is 19.3 Å².